The second-order valence-electron chi connectivity index (χ2n) is 7.30. The maximum absolute atomic E-state index is 9.79. The molecule has 1 aliphatic rings. The number of nitrogens with zero attached hydrogens (tertiary/aromatic N) is 6. The average Bonchev–Trinajstić information content (AvgIpc) is 3.04. The molecule has 1 saturated heterocycles. The molecule has 2 N–H and O–H groups in total. The average molecular weight is 538 g/mol. The highest BCUT2D eigenvalue weighted by atomic mass is 127. The highest BCUT2D eigenvalue weighted by Crippen LogP contribution is 2.44. The summed E-state index contributed by atoms with van der Waals surface area (Å²) in [7, 11) is 0. The van der Waals surface area contributed by atoms with Crippen LogP contribution in [0.25, 0.3) is 11.0 Å². The zero-order valence-electron chi connectivity index (χ0n) is 16.9. The molecular formula is C20H21ClIN7O. The number of rotatable bonds is 5. The van der Waals surface area contributed by atoms with Gasteiger partial charge in [0.15, 0.2) is 5.65 Å². The molecule has 8 nitrogen and oxygen atoms in total. The van der Waals surface area contributed by atoms with Crippen LogP contribution in [0.4, 0.5) is 5.82 Å². The molecule has 0 spiro atoms. The molecule has 1 aromatic carbocycles. The highest BCUT2D eigenvalue weighted by molar-refractivity contribution is 14.1. The van der Waals surface area contributed by atoms with Crippen molar-refractivity contribution in [3.8, 4) is 11.8 Å². The second kappa shape index (κ2) is 8.17. The van der Waals surface area contributed by atoms with Crippen LogP contribution in [0.15, 0.2) is 12.4 Å². The van der Waals surface area contributed by atoms with E-state index < -0.39 is 0 Å². The van der Waals surface area contributed by atoms with Crippen molar-refractivity contribution in [2.24, 2.45) is 0 Å². The third kappa shape index (κ3) is 3.36. The SMILES string of the molecule is CCOc1c(C(C)n2nc(C)c3c(N)ncnc32)cc(Cl)c(C#N)c1C1CN(I)C1. The number of hydrogen-bond acceptors (Lipinski definition) is 7. The van der Waals surface area contributed by atoms with Gasteiger partial charge in [-0.1, -0.05) is 11.6 Å². The van der Waals surface area contributed by atoms with Gasteiger partial charge in [0.05, 0.1) is 34.3 Å². The number of ether oxygens (including phenoxy) is 1. The predicted octanol–water partition coefficient (Wildman–Crippen LogP) is 4.00. The van der Waals surface area contributed by atoms with Crippen molar-refractivity contribution < 1.29 is 4.74 Å². The minimum atomic E-state index is -0.239. The molecule has 0 saturated carbocycles. The summed E-state index contributed by atoms with van der Waals surface area (Å²) in [6.45, 7) is 8.00. The molecular weight excluding hydrogens is 517 g/mol. The molecule has 0 amide bonds. The van der Waals surface area contributed by atoms with Crippen LogP contribution in [0, 0.1) is 18.3 Å². The number of benzene rings is 1. The van der Waals surface area contributed by atoms with Gasteiger partial charge in [0.1, 0.15) is 24.0 Å². The summed E-state index contributed by atoms with van der Waals surface area (Å²) in [6, 6.07) is 3.85. The van der Waals surface area contributed by atoms with Gasteiger partial charge in [-0.25, -0.2) is 17.8 Å². The lowest BCUT2D eigenvalue weighted by molar-refractivity contribution is 0.290. The number of nitrogen functional groups attached to an aromatic ring is 1. The zero-order chi connectivity index (χ0) is 21.6. The van der Waals surface area contributed by atoms with E-state index in [4.69, 9.17) is 22.1 Å². The fourth-order valence-electron chi connectivity index (χ4n) is 3.97. The molecule has 10 heteroatoms. The van der Waals surface area contributed by atoms with Crippen LogP contribution in [0.2, 0.25) is 5.02 Å². The first-order valence-corrected chi connectivity index (χ1v) is 11.0. The number of nitrogens with two attached hydrogens (primary N) is 1. The van der Waals surface area contributed by atoms with Crippen molar-refractivity contribution >= 4 is 51.3 Å². The normalized spacial score (nSPS) is 15.7. The smallest absolute Gasteiger partial charge is 0.164 e. The number of aryl methyl sites for hydroxylation is 1. The maximum Gasteiger partial charge on any atom is 0.164 e. The van der Waals surface area contributed by atoms with E-state index in [2.05, 4.69) is 47.1 Å². The lowest BCUT2D eigenvalue weighted by Crippen LogP contribution is -2.38. The molecule has 4 rings (SSSR count). The molecule has 2 aromatic heterocycles. The summed E-state index contributed by atoms with van der Waals surface area (Å²) in [4.78, 5) is 8.50. The Hall–Kier alpha value is -2.16. The molecule has 156 valence electrons. The van der Waals surface area contributed by atoms with E-state index in [1.807, 2.05) is 31.5 Å². The first-order valence-electron chi connectivity index (χ1n) is 9.62. The van der Waals surface area contributed by atoms with Gasteiger partial charge in [0, 0.05) is 53.0 Å². The predicted molar refractivity (Wildman–Crippen MR) is 124 cm³/mol. The van der Waals surface area contributed by atoms with Crippen LogP contribution < -0.4 is 10.5 Å². The van der Waals surface area contributed by atoms with Crippen molar-refractivity contribution in [3.63, 3.8) is 0 Å². The maximum atomic E-state index is 9.79. The third-order valence-corrected chi connectivity index (χ3v) is 6.54. The zero-order valence-corrected chi connectivity index (χ0v) is 19.8. The van der Waals surface area contributed by atoms with Crippen molar-refractivity contribution in [2.75, 3.05) is 25.4 Å². The number of fused-ring (bicyclic) bond motifs is 1. The Morgan fingerprint density at radius 2 is 2.17 bits per heavy atom. The Balaban J connectivity index is 1.93. The number of aromatic nitrogens is 4. The van der Waals surface area contributed by atoms with E-state index in [-0.39, 0.29) is 12.0 Å². The van der Waals surface area contributed by atoms with Gasteiger partial charge in [-0.05, 0) is 26.8 Å². The van der Waals surface area contributed by atoms with Crippen LogP contribution in [-0.4, -0.2) is 42.6 Å². The highest BCUT2D eigenvalue weighted by Gasteiger charge is 2.34. The molecule has 0 bridgehead atoms. The van der Waals surface area contributed by atoms with E-state index in [0.29, 0.717) is 34.4 Å². The molecule has 1 atom stereocenters. The van der Waals surface area contributed by atoms with Crippen molar-refractivity contribution in [1.82, 2.24) is 22.9 Å². The van der Waals surface area contributed by atoms with Crippen molar-refractivity contribution in [1.29, 1.82) is 5.26 Å². The summed E-state index contributed by atoms with van der Waals surface area (Å²) in [5, 5.41) is 15.6. The van der Waals surface area contributed by atoms with E-state index in [0.717, 1.165) is 35.3 Å². The van der Waals surface area contributed by atoms with Crippen LogP contribution in [0.5, 0.6) is 5.75 Å². The van der Waals surface area contributed by atoms with Crippen LogP contribution in [0.1, 0.15) is 48.2 Å². The Morgan fingerprint density at radius 1 is 1.43 bits per heavy atom. The first kappa shape index (κ1) is 21.1. The van der Waals surface area contributed by atoms with Gasteiger partial charge in [0.2, 0.25) is 0 Å². The summed E-state index contributed by atoms with van der Waals surface area (Å²) < 4.78 is 10.1. The summed E-state index contributed by atoms with van der Waals surface area (Å²) >= 11 is 8.86. The van der Waals surface area contributed by atoms with Gasteiger partial charge >= 0.3 is 0 Å². The van der Waals surface area contributed by atoms with Gasteiger partial charge in [-0.3, -0.25) is 0 Å². The topological polar surface area (TPSA) is 106 Å². The van der Waals surface area contributed by atoms with Crippen LogP contribution >= 0.6 is 34.5 Å². The Kier molecular flexibility index (Phi) is 5.74. The molecule has 0 radical (unpaired) electrons. The minimum Gasteiger partial charge on any atom is -0.493 e. The molecule has 30 heavy (non-hydrogen) atoms. The monoisotopic (exact) mass is 537 g/mol. The summed E-state index contributed by atoms with van der Waals surface area (Å²) in [5.74, 6) is 1.30. The molecule has 3 heterocycles. The fraction of sp³-hybridized carbons (Fsp3) is 0.400. The number of halogens is 2. The summed E-state index contributed by atoms with van der Waals surface area (Å²) in [5.41, 5.74) is 9.70. The van der Waals surface area contributed by atoms with Gasteiger partial charge in [0.25, 0.3) is 0 Å². The Morgan fingerprint density at radius 3 is 2.80 bits per heavy atom. The Labute approximate surface area is 193 Å². The van der Waals surface area contributed by atoms with E-state index >= 15 is 0 Å². The molecule has 1 fully saturated rings. The van der Waals surface area contributed by atoms with Gasteiger partial charge in [-0.2, -0.15) is 10.4 Å². The molecule has 1 unspecified atom stereocenters. The van der Waals surface area contributed by atoms with Crippen LogP contribution in [-0.2, 0) is 0 Å². The number of hydrogen-bond donors (Lipinski definition) is 1. The van der Waals surface area contributed by atoms with Gasteiger partial charge in [-0.15, -0.1) is 0 Å². The molecule has 0 aliphatic carbocycles. The van der Waals surface area contributed by atoms with E-state index in [1.54, 1.807) is 0 Å². The summed E-state index contributed by atoms with van der Waals surface area (Å²) in [6.07, 6.45) is 1.44. The quantitative estimate of drug-likeness (QED) is 0.387. The van der Waals surface area contributed by atoms with E-state index in [1.165, 1.54) is 6.33 Å². The number of anilines is 1. The third-order valence-electron chi connectivity index (χ3n) is 5.45. The van der Waals surface area contributed by atoms with Crippen LogP contribution in [0.3, 0.4) is 0 Å². The minimum absolute atomic E-state index is 0.192. The van der Waals surface area contributed by atoms with Crippen molar-refractivity contribution in [2.45, 2.75) is 32.7 Å². The lowest BCUT2D eigenvalue weighted by atomic mass is 9.86. The first-order chi connectivity index (χ1) is 14.4. The molecule has 1 aliphatic heterocycles. The Bertz CT molecular complexity index is 1170. The molecule has 3 aromatic rings. The van der Waals surface area contributed by atoms with Crippen molar-refractivity contribution in [3.05, 3.63) is 39.8 Å². The van der Waals surface area contributed by atoms with Gasteiger partial charge < -0.3 is 10.5 Å². The van der Waals surface area contributed by atoms with E-state index in [9.17, 15) is 5.26 Å². The largest absolute Gasteiger partial charge is 0.493 e. The lowest BCUT2D eigenvalue weighted by Gasteiger charge is -2.36. The standard InChI is InChI=1S/C20H21ClIN7O/c1-4-30-18-13(5-15(21)14(6-23)17(18)12-7-28(22)8-12)11(3)29-20-16(10(2)27-29)19(24)25-9-26-20/h5,9,11-12H,4,7-8H2,1-3H3,(H2,24,25,26). The fourth-order valence-corrected chi connectivity index (χ4v) is 5.18. The second-order valence-corrected chi connectivity index (χ2v) is 9.07. The number of nitriles is 1.